The molecule has 3 aliphatic heterocycles. The van der Waals surface area contributed by atoms with Crippen LogP contribution in [-0.2, 0) is 19.5 Å². The highest BCUT2D eigenvalue weighted by molar-refractivity contribution is 5.46. The van der Waals surface area contributed by atoms with Gasteiger partial charge in [0.15, 0.2) is 0 Å². The molecule has 144 valence electrons. The highest BCUT2D eigenvalue weighted by Gasteiger charge is 2.34. The minimum Gasteiger partial charge on any atom is -0.369 e. The smallest absolute Gasteiger partial charge is 0.147 e. The molecule has 1 aromatic heterocycles. The number of halogens is 1. The van der Waals surface area contributed by atoms with Gasteiger partial charge in [-0.15, -0.1) is 10.2 Å². The molecule has 0 unspecified atom stereocenters. The van der Waals surface area contributed by atoms with E-state index in [0.29, 0.717) is 6.04 Å². The Hall–Kier alpha value is -1.99. The molecule has 0 saturated carbocycles. The normalized spacial score (nSPS) is 21.9. The summed E-state index contributed by atoms with van der Waals surface area (Å²) in [5.74, 6) is 2.15. The summed E-state index contributed by atoms with van der Waals surface area (Å²) < 4.78 is 15.4. The fraction of sp³-hybridized carbons (Fsp3) is 0.600. The zero-order valence-corrected chi connectivity index (χ0v) is 15.7. The summed E-state index contributed by atoms with van der Waals surface area (Å²) in [4.78, 5) is 7.45. The molecule has 0 amide bonds. The van der Waals surface area contributed by atoms with Crippen LogP contribution < -0.4 is 4.90 Å². The first-order valence-corrected chi connectivity index (χ1v) is 10.1. The lowest BCUT2D eigenvalue weighted by Gasteiger charge is -2.48. The summed E-state index contributed by atoms with van der Waals surface area (Å²) in [7, 11) is 0. The van der Waals surface area contributed by atoms with Crippen molar-refractivity contribution in [3.8, 4) is 0 Å². The van der Waals surface area contributed by atoms with Crippen LogP contribution in [0.4, 0.5) is 10.1 Å². The average molecular weight is 370 g/mol. The van der Waals surface area contributed by atoms with Gasteiger partial charge in [-0.3, -0.25) is 9.80 Å². The Morgan fingerprint density at radius 2 is 1.70 bits per heavy atom. The van der Waals surface area contributed by atoms with Crippen LogP contribution in [0, 0.1) is 5.82 Å². The summed E-state index contributed by atoms with van der Waals surface area (Å²) in [6, 6.07) is 7.53. The van der Waals surface area contributed by atoms with Crippen molar-refractivity contribution in [3.05, 3.63) is 41.7 Å². The summed E-state index contributed by atoms with van der Waals surface area (Å²) in [6.07, 6.45) is 3.57. The lowest BCUT2D eigenvalue weighted by Crippen LogP contribution is -2.62. The quantitative estimate of drug-likeness (QED) is 0.820. The Balaban J connectivity index is 1.10. The Morgan fingerprint density at radius 1 is 0.926 bits per heavy atom. The van der Waals surface area contributed by atoms with Crippen molar-refractivity contribution in [2.45, 2.75) is 38.4 Å². The van der Waals surface area contributed by atoms with E-state index in [0.717, 1.165) is 70.3 Å². The van der Waals surface area contributed by atoms with Gasteiger partial charge in [-0.25, -0.2) is 4.39 Å². The van der Waals surface area contributed by atoms with E-state index in [2.05, 4.69) is 29.5 Å². The number of nitrogens with zero attached hydrogens (tertiary/aromatic N) is 6. The van der Waals surface area contributed by atoms with Crippen molar-refractivity contribution in [2.75, 3.05) is 44.2 Å². The fourth-order valence-corrected chi connectivity index (χ4v) is 4.59. The third-order valence-corrected chi connectivity index (χ3v) is 6.26. The van der Waals surface area contributed by atoms with Crippen molar-refractivity contribution < 1.29 is 4.39 Å². The zero-order chi connectivity index (χ0) is 18.2. The lowest BCUT2D eigenvalue weighted by atomic mass is 10.1. The van der Waals surface area contributed by atoms with Gasteiger partial charge in [0.05, 0.1) is 6.54 Å². The highest BCUT2D eigenvalue weighted by Crippen LogP contribution is 2.23. The van der Waals surface area contributed by atoms with Crippen LogP contribution in [0.5, 0.6) is 0 Å². The Kier molecular flexibility index (Phi) is 4.57. The molecule has 6 nitrogen and oxygen atoms in total. The van der Waals surface area contributed by atoms with Crippen molar-refractivity contribution >= 4 is 5.69 Å². The second-order valence-electron chi connectivity index (χ2n) is 7.99. The number of likely N-dealkylation sites (tertiary alicyclic amines) is 1. The lowest BCUT2D eigenvalue weighted by molar-refractivity contribution is 0.0232. The van der Waals surface area contributed by atoms with E-state index in [4.69, 9.17) is 0 Å². The molecule has 3 aliphatic rings. The van der Waals surface area contributed by atoms with Gasteiger partial charge in [-0.2, -0.15) is 0 Å². The third kappa shape index (κ3) is 3.46. The molecule has 7 heteroatoms. The first-order chi connectivity index (χ1) is 13.3. The second-order valence-corrected chi connectivity index (χ2v) is 7.99. The van der Waals surface area contributed by atoms with Gasteiger partial charge >= 0.3 is 0 Å². The van der Waals surface area contributed by atoms with Crippen molar-refractivity contribution in [3.63, 3.8) is 0 Å². The largest absolute Gasteiger partial charge is 0.369 e. The highest BCUT2D eigenvalue weighted by atomic mass is 19.1. The Bertz CT molecular complexity index is 774. The number of anilines is 1. The Labute approximate surface area is 159 Å². The van der Waals surface area contributed by atoms with E-state index in [1.54, 1.807) is 12.1 Å². The monoisotopic (exact) mass is 370 g/mol. The molecule has 5 rings (SSSR count). The number of hydrogen-bond donors (Lipinski definition) is 0. The predicted molar refractivity (Wildman–Crippen MR) is 102 cm³/mol. The zero-order valence-electron chi connectivity index (χ0n) is 15.7. The topological polar surface area (TPSA) is 40.4 Å². The molecule has 1 aromatic carbocycles. The summed E-state index contributed by atoms with van der Waals surface area (Å²) in [5.41, 5.74) is 1.13. The van der Waals surface area contributed by atoms with Gasteiger partial charge in [-0.05, 0) is 37.1 Å². The summed E-state index contributed by atoms with van der Waals surface area (Å²) >= 11 is 0. The molecular formula is C20H27FN6. The van der Waals surface area contributed by atoms with E-state index in [1.165, 1.54) is 18.7 Å². The predicted octanol–water partition coefficient (Wildman–Crippen LogP) is 1.76. The number of benzene rings is 1. The number of fused-ring (bicyclic) bond motifs is 1. The van der Waals surface area contributed by atoms with Crippen LogP contribution in [0.25, 0.3) is 0 Å². The SMILES string of the molecule is Fc1ccc(N2CCN(C3CN(Cc4nnc5n4CCCC5)C3)CC2)cc1. The summed E-state index contributed by atoms with van der Waals surface area (Å²) in [6.45, 7) is 8.45. The van der Waals surface area contributed by atoms with Crippen LogP contribution in [0.2, 0.25) is 0 Å². The van der Waals surface area contributed by atoms with E-state index in [-0.39, 0.29) is 5.82 Å². The summed E-state index contributed by atoms with van der Waals surface area (Å²) in [5, 5.41) is 8.80. The molecule has 2 fully saturated rings. The number of hydrogen-bond acceptors (Lipinski definition) is 5. The molecule has 0 N–H and O–H groups in total. The third-order valence-electron chi connectivity index (χ3n) is 6.26. The average Bonchev–Trinajstić information content (AvgIpc) is 3.08. The number of aromatic nitrogens is 3. The number of aryl methyl sites for hydroxylation is 1. The van der Waals surface area contributed by atoms with Crippen LogP contribution in [-0.4, -0.2) is 69.9 Å². The van der Waals surface area contributed by atoms with Gasteiger partial charge in [0.1, 0.15) is 17.5 Å². The maximum Gasteiger partial charge on any atom is 0.147 e. The van der Waals surface area contributed by atoms with Gasteiger partial charge in [0.2, 0.25) is 0 Å². The molecule has 0 radical (unpaired) electrons. The van der Waals surface area contributed by atoms with Crippen molar-refractivity contribution in [2.24, 2.45) is 0 Å². The number of rotatable bonds is 4. The van der Waals surface area contributed by atoms with Crippen LogP contribution in [0.3, 0.4) is 0 Å². The first kappa shape index (κ1) is 17.1. The van der Waals surface area contributed by atoms with Gasteiger partial charge in [0.25, 0.3) is 0 Å². The molecule has 0 bridgehead atoms. The molecule has 4 heterocycles. The first-order valence-electron chi connectivity index (χ1n) is 10.1. The molecule has 0 aliphatic carbocycles. The van der Waals surface area contributed by atoms with Crippen LogP contribution >= 0.6 is 0 Å². The maximum absolute atomic E-state index is 13.1. The van der Waals surface area contributed by atoms with Crippen LogP contribution in [0.1, 0.15) is 24.5 Å². The van der Waals surface area contributed by atoms with Gasteiger partial charge in [0, 0.05) is 64.0 Å². The van der Waals surface area contributed by atoms with Gasteiger partial charge < -0.3 is 9.47 Å². The van der Waals surface area contributed by atoms with Crippen molar-refractivity contribution in [1.29, 1.82) is 0 Å². The van der Waals surface area contributed by atoms with E-state index in [1.807, 2.05) is 12.1 Å². The molecule has 27 heavy (non-hydrogen) atoms. The van der Waals surface area contributed by atoms with Gasteiger partial charge in [-0.1, -0.05) is 0 Å². The van der Waals surface area contributed by atoms with Crippen LogP contribution in [0.15, 0.2) is 24.3 Å². The minimum absolute atomic E-state index is 0.166. The molecule has 2 saturated heterocycles. The van der Waals surface area contributed by atoms with E-state index >= 15 is 0 Å². The van der Waals surface area contributed by atoms with E-state index < -0.39 is 0 Å². The minimum atomic E-state index is -0.166. The standard InChI is InChI=1S/C20H27FN6/c21-16-4-6-17(7-5-16)25-9-11-26(12-10-25)18-13-24(14-18)15-20-23-22-19-3-1-2-8-27(19)20/h4-7,18H,1-3,8-15H2. The fourth-order valence-electron chi connectivity index (χ4n) is 4.59. The van der Waals surface area contributed by atoms with E-state index in [9.17, 15) is 4.39 Å². The molecule has 0 spiro atoms. The van der Waals surface area contributed by atoms with Crippen molar-refractivity contribution in [1.82, 2.24) is 24.6 Å². The Morgan fingerprint density at radius 3 is 2.48 bits per heavy atom. The second kappa shape index (κ2) is 7.20. The molecular weight excluding hydrogens is 343 g/mol. The molecule has 0 atom stereocenters. The number of piperazine rings is 1. The maximum atomic E-state index is 13.1. The molecule has 2 aromatic rings.